The van der Waals surface area contributed by atoms with Crippen molar-refractivity contribution in [1.29, 1.82) is 0 Å². The number of rotatable bonds is 6. The van der Waals surface area contributed by atoms with Gasteiger partial charge < -0.3 is 14.7 Å². The molecule has 0 radical (unpaired) electrons. The Hall–Kier alpha value is -2.04. The molecule has 5 heteroatoms. The maximum atomic E-state index is 12.5. The fourth-order valence-electron chi connectivity index (χ4n) is 2.90. The minimum absolute atomic E-state index is 0.00991. The molecule has 1 fully saturated rings. The molecule has 1 aromatic carbocycles. The number of amides is 1. The predicted octanol–water partition coefficient (Wildman–Crippen LogP) is 2.98. The second-order valence-corrected chi connectivity index (χ2v) is 7.03. The van der Waals surface area contributed by atoms with E-state index in [0.717, 1.165) is 17.7 Å². The molecule has 2 rings (SSSR count). The van der Waals surface area contributed by atoms with Crippen LogP contribution in [-0.2, 0) is 16.0 Å². The number of benzene rings is 1. The third-order valence-corrected chi connectivity index (χ3v) is 4.41. The number of carbonyl (C=O) groups excluding carboxylic acids is 1. The Morgan fingerprint density at radius 2 is 1.92 bits per heavy atom. The summed E-state index contributed by atoms with van der Waals surface area (Å²) in [6.45, 7) is 7.15. The fourth-order valence-corrected chi connectivity index (χ4v) is 2.90. The highest BCUT2D eigenvalue weighted by atomic mass is 16.5. The number of piperidine rings is 1. The van der Waals surface area contributed by atoms with E-state index in [1.807, 2.05) is 31.2 Å². The Balaban J connectivity index is 1.94. The molecule has 132 valence electrons. The highest BCUT2D eigenvalue weighted by molar-refractivity contribution is 5.80. The lowest BCUT2D eigenvalue weighted by molar-refractivity contribution is -0.147. The number of hydrogen-bond donors (Lipinski definition) is 1. The first-order valence-electron chi connectivity index (χ1n) is 8.60. The van der Waals surface area contributed by atoms with Crippen LogP contribution in [-0.4, -0.2) is 41.1 Å². The third kappa shape index (κ3) is 4.98. The number of carbonyl (C=O) groups is 2. The van der Waals surface area contributed by atoms with E-state index in [1.165, 1.54) is 0 Å². The number of hydrogen-bond acceptors (Lipinski definition) is 3. The number of nitrogens with zero attached hydrogens (tertiary/aromatic N) is 1. The lowest BCUT2D eigenvalue weighted by atomic mass is 9.93. The van der Waals surface area contributed by atoms with Gasteiger partial charge in [0.2, 0.25) is 5.91 Å². The standard InChI is InChI=1S/C19H27NO4/c1-13(2)12-24-17-8-5-15(6-9-17)10-18(21)20-11-16(19(22)23)7-4-14(20)3/h5-6,8-9,13-14,16H,4,7,10-12H2,1-3H3,(H,22,23). The van der Waals surface area contributed by atoms with Crippen LogP contribution in [0.4, 0.5) is 0 Å². The Bertz CT molecular complexity index is 567. The molecule has 2 atom stereocenters. The number of carboxylic acids is 1. The molecule has 1 heterocycles. The van der Waals surface area contributed by atoms with Crippen molar-refractivity contribution in [3.05, 3.63) is 29.8 Å². The van der Waals surface area contributed by atoms with E-state index >= 15 is 0 Å². The number of ether oxygens (including phenoxy) is 1. The van der Waals surface area contributed by atoms with E-state index in [4.69, 9.17) is 4.74 Å². The molecule has 1 amide bonds. The molecule has 5 nitrogen and oxygen atoms in total. The summed E-state index contributed by atoms with van der Waals surface area (Å²) < 4.78 is 5.64. The smallest absolute Gasteiger partial charge is 0.308 e. The second-order valence-electron chi connectivity index (χ2n) is 7.03. The Kier molecular flexibility index (Phi) is 6.23. The number of carboxylic acid groups (broad SMARTS) is 1. The van der Waals surface area contributed by atoms with Crippen LogP contribution in [0.2, 0.25) is 0 Å². The molecule has 0 aromatic heterocycles. The number of aliphatic carboxylic acids is 1. The minimum Gasteiger partial charge on any atom is -0.493 e. The summed E-state index contributed by atoms with van der Waals surface area (Å²) in [5.41, 5.74) is 0.918. The molecule has 0 aliphatic carbocycles. The average molecular weight is 333 g/mol. The van der Waals surface area contributed by atoms with Crippen LogP contribution in [0, 0.1) is 11.8 Å². The van der Waals surface area contributed by atoms with Gasteiger partial charge in [0.1, 0.15) is 5.75 Å². The first kappa shape index (κ1) is 18.3. The maximum Gasteiger partial charge on any atom is 0.308 e. The van der Waals surface area contributed by atoms with Gasteiger partial charge in [0, 0.05) is 12.6 Å². The van der Waals surface area contributed by atoms with Gasteiger partial charge in [-0.1, -0.05) is 26.0 Å². The summed E-state index contributed by atoms with van der Waals surface area (Å²) in [5.74, 6) is -0.00109. The van der Waals surface area contributed by atoms with Crippen molar-refractivity contribution in [2.45, 2.75) is 46.1 Å². The zero-order valence-corrected chi connectivity index (χ0v) is 14.7. The van der Waals surface area contributed by atoms with Crippen LogP contribution in [0.15, 0.2) is 24.3 Å². The molecule has 0 bridgehead atoms. The molecule has 24 heavy (non-hydrogen) atoms. The van der Waals surface area contributed by atoms with E-state index in [2.05, 4.69) is 13.8 Å². The van der Waals surface area contributed by atoms with Gasteiger partial charge in [0.25, 0.3) is 0 Å². The molecule has 1 aliphatic heterocycles. The number of likely N-dealkylation sites (tertiary alicyclic amines) is 1. The largest absolute Gasteiger partial charge is 0.493 e. The van der Waals surface area contributed by atoms with Gasteiger partial charge in [0.05, 0.1) is 18.9 Å². The molecule has 1 saturated heterocycles. The summed E-state index contributed by atoms with van der Waals surface area (Å²) >= 11 is 0. The van der Waals surface area contributed by atoms with Gasteiger partial charge in [-0.05, 0) is 43.4 Å². The van der Waals surface area contributed by atoms with Crippen LogP contribution in [0.5, 0.6) is 5.75 Å². The zero-order chi connectivity index (χ0) is 17.7. The van der Waals surface area contributed by atoms with Crippen LogP contribution in [0.1, 0.15) is 39.2 Å². The van der Waals surface area contributed by atoms with Crippen LogP contribution in [0.3, 0.4) is 0 Å². The normalized spacial score (nSPS) is 20.9. The molecule has 2 unspecified atom stereocenters. The summed E-state index contributed by atoms with van der Waals surface area (Å²) in [6, 6.07) is 7.66. The summed E-state index contributed by atoms with van der Waals surface area (Å²) in [6.07, 6.45) is 1.67. The van der Waals surface area contributed by atoms with Gasteiger partial charge in [0.15, 0.2) is 0 Å². The van der Waals surface area contributed by atoms with Crippen molar-refractivity contribution >= 4 is 11.9 Å². The Morgan fingerprint density at radius 1 is 1.25 bits per heavy atom. The van der Waals surface area contributed by atoms with Gasteiger partial charge in [-0.15, -0.1) is 0 Å². The van der Waals surface area contributed by atoms with Crippen molar-refractivity contribution in [3.8, 4) is 5.75 Å². The van der Waals surface area contributed by atoms with Gasteiger partial charge in [-0.3, -0.25) is 9.59 Å². The fraction of sp³-hybridized carbons (Fsp3) is 0.579. The highest BCUT2D eigenvalue weighted by Crippen LogP contribution is 2.23. The van der Waals surface area contributed by atoms with Crippen molar-refractivity contribution in [3.63, 3.8) is 0 Å². The van der Waals surface area contributed by atoms with Crippen molar-refractivity contribution < 1.29 is 19.4 Å². The monoisotopic (exact) mass is 333 g/mol. The average Bonchev–Trinajstić information content (AvgIpc) is 2.54. The Labute approximate surface area is 143 Å². The minimum atomic E-state index is -0.814. The highest BCUT2D eigenvalue weighted by Gasteiger charge is 2.32. The van der Waals surface area contributed by atoms with E-state index in [0.29, 0.717) is 31.9 Å². The quantitative estimate of drug-likeness (QED) is 0.869. The molecule has 1 N–H and O–H groups in total. The molecule has 0 spiro atoms. The van der Waals surface area contributed by atoms with Crippen LogP contribution < -0.4 is 4.74 Å². The topological polar surface area (TPSA) is 66.8 Å². The van der Waals surface area contributed by atoms with Crippen molar-refractivity contribution in [2.75, 3.05) is 13.2 Å². The summed E-state index contributed by atoms with van der Waals surface area (Å²) in [7, 11) is 0. The predicted molar refractivity (Wildman–Crippen MR) is 92.0 cm³/mol. The summed E-state index contributed by atoms with van der Waals surface area (Å²) in [5, 5.41) is 9.18. The lowest BCUT2D eigenvalue weighted by Crippen LogP contribution is -2.47. The van der Waals surface area contributed by atoms with Gasteiger partial charge in [-0.25, -0.2) is 0 Å². The van der Waals surface area contributed by atoms with E-state index in [1.54, 1.807) is 4.90 Å². The third-order valence-electron chi connectivity index (χ3n) is 4.41. The zero-order valence-electron chi connectivity index (χ0n) is 14.7. The van der Waals surface area contributed by atoms with Crippen molar-refractivity contribution in [2.24, 2.45) is 11.8 Å². The van der Waals surface area contributed by atoms with Crippen LogP contribution >= 0.6 is 0 Å². The molecule has 1 aliphatic rings. The molecular formula is C19H27NO4. The molecule has 1 aromatic rings. The maximum absolute atomic E-state index is 12.5. The summed E-state index contributed by atoms with van der Waals surface area (Å²) in [4.78, 5) is 25.4. The van der Waals surface area contributed by atoms with Gasteiger partial charge >= 0.3 is 5.97 Å². The second kappa shape index (κ2) is 8.18. The first-order chi connectivity index (χ1) is 11.4. The van der Waals surface area contributed by atoms with E-state index in [9.17, 15) is 14.7 Å². The van der Waals surface area contributed by atoms with Crippen molar-refractivity contribution in [1.82, 2.24) is 4.90 Å². The van der Waals surface area contributed by atoms with Gasteiger partial charge in [-0.2, -0.15) is 0 Å². The Morgan fingerprint density at radius 3 is 2.50 bits per heavy atom. The van der Waals surface area contributed by atoms with E-state index < -0.39 is 11.9 Å². The molecular weight excluding hydrogens is 306 g/mol. The van der Waals surface area contributed by atoms with Crippen LogP contribution in [0.25, 0.3) is 0 Å². The SMILES string of the molecule is CC(C)COc1ccc(CC(=O)N2CC(C(=O)O)CCC2C)cc1. The lowest BCUT2D eigenvalue weighted by Gasteiger charge is -2.36. The first-order valence-corrected chi connectivity index (χ1v) is 8.60. The van der Waals surface area contributed by atoms with E-state index in [-0.39, 0.29) is 11.9 Å². The molecule has 0 saturated carbocycles.